The van der Waals surface area contributed by atoms with E-state index in [-0.39, 0.29) is 16.6 Å². The first-order valence-electron chi connectivity index (χ1n) is 9.72. The van der Waals surface area contributed by atoms with Crippen LogP contribution in [-0.2, 0) is 10.8 Å². The van der Waals surface area contributed by atoms with Gasteiger partial charge in [-0.3, -0.25) is 0 Å². The summed E-state index contributed by atoms with van der Waals surface area (Å²) in [6.07, 6.45) is 0. The summed E-state index contributed by atoms with van der Waals surface area (Å²) in [6, 6.07) is 19.8. The van der Waals surface area contributed by atoms with Crippen LogP contribution in [0, 0.1) is 5.82 Å². The molecule has 3 aromatic rings. The molecule has 146 valence electrons. The fraction of sp³-hybridized carbons (Fsp3) is 0.308. The summed E-state index contributed by atoms with van der Waals surface area (Å²) in [5.74, 6) is -0.226. The minimum Gasteiger partial charge on any atom is -0.206 e. The molecule has 3 rings (SSSR count). The van der Waals surface area contributed by atoms with Gasteiger partial charge < -0.3 is 0 Å². The molecule has 0 unspecified atom stereocenters. The van der Waals surface area contributed by atoms with Gasteiger partial charge in [-0.25, -0.2) is 4.39 Å². The number of thiol groups is 1. The van der Waals surface area contributed by atoms with E-state index in [2.05, 4.69) is 90.6 Å². The normalized spacial score (nSPS) is 12.3. The molecule has 2 heteroatoms. The average Bonchev–Trinajstić information content (AvgIpc) is 2.62. The van der Waals surface area contributed by atoms with E-state index >= 15 is 0 Å². The number of benzene rings is 3. The molecule has 0 aliphatic rings. The van der Waals surface area contributed by atoms with Crippen molar-refractivity contribution in [1.82, 2.24) is 0 Å². The smallest absolute Gasteiger partial charge is 0.131 e. The Morgan fingerprint density at radius 2 is 0.964 bits per heavy atom. The van der Waals surface area contributed by atoms with Crippen molar-refractivity contribution in [3.63, 3.8) is 0 Å². The Labute approximate surface area is 174 Å². The van der Waals surface area contributed by atoms with Crippen LogP contribution in [0.15, 0.2) is 65.6 Å². The van der Waals surface area contributed by atoms with Gasteiger partial charge in [-0.05, 0) is 45.2 Å². The van der Waals surface area contributed by atoms with Crippen LogP contribution < -0.4 is 0 Å². The fourth-order valence-corrected chi connectivity index (χ4v) is 3.73. The molecule has 0 amide bonds. The summed E-state index contributed by atoms with van der Waals surface area (Å²) in [6.45, 7) is 13.1. The second-order valence-electron chi connectivity index (χ2n) is 9.47. The summed E-state index contributed by atoms with van der Waals surface area (Å²) in [5.41, 5.74) is 5.93. The van der Waals surface area contributed by atoms with Gasteiger partial charge in [-0.2, -0.15) is 0 Å². The van der Waals surface area contributed by atoms with Crippen LogP contribution in [0.4, 0.5) is 4.39 Å². The third-order valence-corrected chi connectivity index (χ3v) is 5.58. The van der Waals surface area contributed by atoms with Gasteiger partial charge in [0.1, 0.15) is 5.82 Å². The van der Waals surface area contributed by atoms with Crippen molar-refractivity contribution in [2.45, 2.75) is 57.3 Å². The third kappa shape index (κ3) is 4.17. The molecule has 0 heterocycles. The topological polar surface area (TPSA) is 0 Å². The van der Waals surface area contributed by atoms with E-state index in [1.165, 1.54) is 17.2 Å². The van der Waals surface area contributed by atoms with Crippen molar-refractivity contribution >= 4 is 12.6 Å². The van der Waals surface area contributed by atoms with Gasteiger partial charge >= 0.3 is 0 Å². The first kappa shape index (κ1) is 20.7. The predicted octanol–water partition coefficient (Wildman–Crippen LogP) is 8.04. The van der Waals surface area contributed by atoms with E-state index in [4.69, 9.17) is 0 Å². The summed E-state index contributed by atoms with van der Waals surface area (Å²) >= 11 is 4.66. The SMILES string of the molecule is CC(C)(C)c1ccc(-c2c(F)ccc(S)c2-c2ccc(C(C)(C)C)cc2)cc1. The van der Waals surface area contributed by atoms with Crippen LogP contribution in [0.3, 0.4) is 0 Å². The highest BCUT2D eigenvalue weighted by Crippen LogP contribution is 2.40. The molecule has 28 heavy (non-hydrogen) atoms. The van der Waals surface area contributed by atoms with E-state index in [0.717, 1.165) is 21.6 Å². The number of rotatable bonds is 2. The Hall–Kier alpha value is -2.06. The summed E-state index contributed by atoms with van der Waals surface area (Å²) < 4.78 is 15.0. The van der Waals surface area contributed by atoms with Gasteiger partial charge in [0.05, 0.1) is 0 Å². The van der Waals surface area contributed by atoms with E-state index < -0.39 is 0 Å². The number of hydrogen-bond acceptors (Lipinski definition) is 1. The molecule has 0 aliphatic carbocycles. The molecule has 0 atom stereocenters. The average molecular weight is 393 g/mol. The minimum absolute atomic E-state index is 0.0636. The maximum atomic E-state index is 15.0. The molecule has 0 saturated heterocycles. The molecule has 0 aliphatic heterocycles. The standard InChI is InChI=1S/C26H29FS/c1-25(2,3)19-11-7-17(8-12-19)23-21(27)15-16-22(28)24(23)18-9-13-20(14-10-18)26(4,5)6/h7-16,28H,1-6H3. The van der Waals surface area contributed by atoms with Crippen molar-refractivity contribution in [1.29, 1.82) is 0 Å². The second kappa shape index (κ2) is 7.40. The number of hydrogen-bond donors (Lipinski definition) is 1. The van der Waals surface area contributed by atoms with Gasteiger partial charge in [0, 0.05) is 16.0 Å². The lowest BCUT2D eigenvalue weighted by Crippen LogP contribution is -2.10. The highest BCUT2D eigenvalue weighted by Gasteiger charge is 2.19. The van der Waals surface area contributed by atoms with Crippen LogP contribution in [0.2, 0.25) is 0 Å². The van der Waals surface area contributed by atoms with E-state index in [9.17, 15) is 4.39 Å². The lowest BCUT2D eigenvalue weighted by Gasteiger charge is -2.21. The van der Waals surface area contributed by atoms with Crippen LogP contribution >= 0.6 is 12.6 Å². The first-order chi connectivity index (χ1) is 13.0. The molecule has 0 fully saturated rings. The van der Waals surface area contributed by atoms with Gasteiger partial charge in [0.25, 0.3) is 0 Å². The third-order valence-electron chi connectivity index (χ3n) is 5.21. The van der Waals surface area contributed by atoms with Crippen LogP contribution in [0.1, 0.15) is 52.7 Å². The minimum atomic E-state index is -0.226. The maximum absolute atomic E-state index is 15.0. The molecule has 0 radical (unpaired) electrons. The maximum Gasteiger partial charge on any atom is 0.131 e. The molecule has 3 aromatic carbocycles. The Morgan fingerprint density at radius 3 is 1.36 bits per heavy atom. The van der Waals surface area contributed by atoms with Gasteiger partial charge in [-0.1, -0.05) is 90.1 Å². The van der Waals surface area contributed by atoms with E-state index in [1.807, 2.05) is 12.1 Å². The Bertz CT molecular complexity index is 887. The lowest BCUT2D eigenvalue weighted by atomic mass is 9.84. The Kier molecular flexibility index (Phi) is 5.46. The van der Waals surface area contributed by atoms with Crippen molar-refractivity contribution in [2.75, 3.05) is 0 Å². The Balaban J connectivity index is 2.15. The molecule has 0 nitrogen and oxygen atoms in total. The largest absolute Gasteiger partial charge is 0.206 e. The van der Waals surface area contributed by atoms with Gasteiger partial charge in [0.2, 0.25) is 0 Å². The van der Waals surface area contributed by atoms with Crippen LogP contribution in [0.5, 0.6) is 0 Å². The van der Waals surface area contributed by atoms with Gasteiger partial charge in [0.15, 0.2) is 0 Å². The first-order valence-corrected chi connectivity index (χ1v) is 10.2. The summed E-state index contributed by atoms with van der Waals surface area (Å²) in [4.78, 5) is 0.778. The Morgan fingerprint density at radius 1 is 0.571 bits per heavy atom. The zero-order valence-corrected chi connectivity index (χ0v) is 18.5. The molecule has 0 bridgehead atoms. The summed E-state index contributed by atoms with van der Waals surface area (Å²) in [5, 5.41) is 0. The monoisotopic (exact) mass is 392 g/mol. The lowest BCUT2D eigenvalue weighted by molar-refractivity contribution is 0.590. The van der Waals surface area contributed by atoms with Crippen LogP contribution in [-0.4, -0.2) is 0 Å². The molecule has 0 N–H and O–H groups in total. The quantitative estimate of drug-likeness (QED) is 0.419. The second-order valence-corrected chi connectivity index (χ2v) is 9.95. The number of halogens is 1. The summed E-state index contributed by atoms with van der Waals surface area (Å²) in [7, 11) is 0. The molecule has 0 spiro atoms. The van der Waals surface area contributed by atoms with Crippen molar-refractivity contribution in [3.8, 4) is 22.3 Å². The zero-order chi connectivity index (χ0) is 20.7. The molecular weight excluding hydrogens is 363 g/mol. The highest BCUT2D eigenvalue weighted by atomic mass is 32.1. The molecule has 0 aromatic heterocycles. The van der Waals surface area contributed by atoms with Crippen molar-refractivity contribution in [2.24, 2.45) is 0 Å². The van der Waals surface area contributed by atoms with E-state index in [1.54, 1.807) is 6.07 Å². The van der Waals surface area contributed by atoms with Crippen molar-refractivity contribution in [3.05, 3.63) is 77.6 Å². The predicted molar refractivity (Wildman–Crippen MR) is 122 cm³/mol. The molecule has 0 saturated carbocycles. The zero-order valence-electron chi connectivity index (χ0n) is 17.6. The van der Waals surface area contributed by atoms with Gasteiger partial charge in [-0.15, -0.1) is 12.6 Å². The fourth-order valence-electron chi connectivity index (χ4n) is 3.41. The van der Waals surface area contributed by atoms with Crippen LogP contribution in [0.25, 0.3) is 22.3 Å². The van der Waals surface area contributed by atoms with Crippen molar-refractivity contribution < 1.29 is 4.39 Å². The van der Waals surface area contributed by atoms with E-state index in [0.29, 0.717) is 5.56 Å². The molecular formula is C26H29FS. The highest BCUT2D eigenvalue weighted by molar-refractivity contribution is 7.80.